The van der Waals surface area contributed by atoms with Gasteiger partial charge in [0.2, 0.25) is 0 Å². The molecule has 0 aliphatic carbocycles. The molecule has 0 saturated carbocycles. The number of fused-ring (bicyclic) bond motifs is 1. The van der Waals surface area contributed by atoms with E-state index in [9.17, 15) is 7.85 Å². The Morgan fingerprint density at radius 2 is 1.18 bits per heavy atom. The topological polar surface area (TPSA) is 50.9 Å². The van der Waals surface area contributed by atoms with E-state index in [0.717, 1.165) is 61.4 Å². The van der Waals surface area contributed by atoms with E-state index in [2.05, 4.69) is 131 Å². The van der Waals surface area contributed by atoms with Crippen LogP contribution in [-0.4, -0.2) is 19.6 Å². The zero-order valence-electron chi connectivity index (χ0n) is 46.4. The van der Waals surface area contributed by atoms with E-state index in [1.165, 1.54) is 5.56 Å². The molecule has 2 aromatic heterocycles. The lowest BCUT2D eigenvalue weighted by atomic mass is 9.79. The highest BCUT2D eigenvalue weighted by Crippen LogP contribution is 2.46. The first-order chi connectivity index (χ1) is 32.9. The Kier molecular flexibility index (Phi) is 10.8. The van der Waals surface area contributed by atoms with E-state index < -0.39 is 22.6 Å². The Morgan fingerprint density at radius 1 is 0.522 bits per heavy atom. The van der Waals surface area contributed by atoms with Crippen molar-refractivity contribution in [3.05, 3.63) is 167 Å². The van der Waals surface area contributed by atoms with Gasteiger partial charge in [-0.05, 0) is 126 Å². The van der Waals surface area contributed by atoms with Gasteiger partial charge in [-0.15, -0.1) is 0 Å². The lowest BCUT2D eigenvalue weighted by molar-refractivity contribution is 0.411. The minimum atomic E-state index is -1.50. The molecule has 344 valence electrons. The van der Waals surface area contributed by atoms with Crippen LogP contribution in [0.3, 0.4) is 0 Å². The zero-order valence-corrected chi connectivity index (χ0v) is 42.4. The number of aromatic hydroxyl groups is 1. The molecular formula is C63H71N3O. The highest BCUT2D eigenvalue weighted by molar-refractivity contribution is 5.98. The Hall–Kier alpha value is -6.26. The molecule has 8 aromatic rings. The maximum absolute atomic E-state index is 12.7. The van der Waals surface area contributed by atoms with Crippen molar-refractivity contribution in [1.82, 2.24) is 14.5 Å². The summed E-state index contributed by atoms with van der Waals surface area (Å²) in [6.45, 7) is 31.2. The highest BCUT2D eigenvalue weighted by atomic mass is 16.3. The average Bonchev–Trinajstić information content (AvgIpc) is 3.66. The molecule has 0 spiro atoms. The van der Waals surface area contributed by atoms with Gasteiger partial charge in [0.05, 0.1) is 30.7 Å². The summed E-state index contributed by atoms with van der Waals surface area (Å²) in [7, 11) is 0. The van der Waals surface area contributed by atoms with E-state index in [4.69, 9.17) is 12.7 Å². The number of phenolic OH excluding ortho intramolecular Hbond substituents is 1. The van der Waals surface area contributed by atoms with E-state index >= 15 is 0 Å². The molecule has 0 aliphatic heterocycles. The molecule has 2 heterocycles. The summed E-state index contributed by atoms with van der Waals surface area (Å²) in [4.78, 5) is 10.5. The van der Waals surface area contributed by atoms with Gasteiger partial charge in [0.15, 0.2) is 0 Å². The van der Waals surface area contributed by atoms with E-state index in [0.29, 0.717) is 33.6 Å². The van der Waals surface area contributed by atoms with Gasteiger partial charge in [-0.1, -0.05) is 189 Å². The maximum Gasteiger partial charge on any atom is 0.149 e. The summed E-state index contributed by atoms with van der Waals surface area (Å²) in [6.07, 6.45) is 0.339. The monoisotopic (exact) mass is 890 g/mol. The molecule has 0 fully saturated rings. The molecular weight excluding hydrogens is 815 g/mol. The number of rotatable bonds is 7. The van der Waals surface area contributed by atoms with Crippen LogP contribution in [0, 0.1) is 5.41 Å². The molecule has 0 amide bonds. The minimum absolute atomic E-state index is 0.0872. The van der Waals surface area contributed by atoms with Crippen LogP contribution in [0.25, 0.3) is 72.7 Å². The quantitative estimate of drug-likeness (QED) is 0.173. The van der Waals surface area contributed by atoms with Gasteiger partial charge in [0.1, 0.15) is 11.6 Å². The summed E-state index contributed by atoms with van der Waals surface area (Å²) in [6, 6.07) is 42.0. The molecule has 4 heteroatoms. The Balaban J connectivity index is 1.43. The average molecular weight is 890 g/mol. The lowest BCUT2D eigenvalue weighted by Crippen LogP contribution is -2.17. The third-order valence-corrected chi connectivity index (χ3v) is 12.5. The summed E-state index contributed by atoms with van der Waals surface area (Å²) in [5.41, 5.74) is 12.0. The third-order valence-electron chi connectivity index (χ3n) is 12.5. The zero-order chi connectivity index (χ0) is 52.0. The lowest BCUT2D eigenvalue weighted by Gasteiger charge is -2.28. The van der Waals surface area contributed by atoms with Crippen LogP contribution >= 0.6 is 0 Å². The molecule has 0 atom stereocenters. The number of pyridine rings is 1. The van der Waals surface area contributed by atoms with Crippen molar-refractivity contribution in [1.29, 1.82) is 0 Å². The molecule has 0 radical (unpaired) electrons. The van der Waals surface area contributed by atoms with Crippen molar-refractivity contribution in [2.75, 3.05) is 0 Å². The van der Waals surface area contributed by atoms with E-state index in [1.54, 1.807) is 0 Å². The fraction of sp³-hybridized carbons (Fsp3) is 0.333. The summed E-state index contributed by atoms with van der Waals surface area (Å²) in [5, 5.41) is 12.7. The van der Waals surface area contributed by atoms with Crippen molar-refractivity contribution in [2.24, 2.45) is 5.41 Å². The SMILES string of the molecule is [2H]c1c(-c2nc3c(-c4cc(-c5cc(-c6ccc(C([2H])([2H])C(C)(C)C)cc6)ccn5)cc(C(C)(C)C)c4)cccc3n2-c2ccc(C(C)(C)C)cc2-c2ccccc2)c(O)c(C(C)(C)C)c([2H])c1C(C)(C)C. The minimum Gasteiger partial charge on any atom is -0.507 e. The standard InChI is InChI=1S/C63H71N3O/c1-59(2,3)39-40-24-26-41(27-25-40)43-30-31-64-53(35-43)45-32-44(33-47(34-45)61(7,8)9)49-22-19-23-55-56(49)65-58(51-37-48(62(10,11)12)38-52(57(51)67)63(13,14)15)66(55)54-29-28-46(60(4,5)6)36-50(54)42-20-17-16-18-21-42/h16-38,67H,39H2,1-15H3/i37D,38D,39D2. The number of para-hydroxylation sites is 1. The van der Waals surface area contributed by atoms with Crippen molar-refractivity contribution in [2.45, 2.75) is 132 Å². The van der Waals surface area contributed by atoms with Crippen molar-refractivity contribution in [3.63, 3.8) is 0 Å². The van der Waals surface area contributed by atoms with Crippen molar-refractivity contribution >= 4 is 11.0 Å². The van der Waals surface area contributed by atoms with Gasteiger partial charge in [-0.3, -0.25) is 9.55 Å². The van der Waals surface area contributed by atoms with Crippen LogP contribution in [0.15, 0.2) is 140 Å². The smallest absolute Gasteiger partial charge is 0.149 e. The predicted octanol–water partition coefficient (Wildman–Crippen LogP) is 17.2. The fourth-order valence-corrected chi connectivity index (χ4v) is 8.71. The molecule has 0 unspecified atom stereocenters. The Morgan fingerprint density at radius 3 is 1.81 bits per heavy atom. The number of phenols is 1. The Bertz CT molecular complexity index is 3270. The number of benzene rings is 6. The second kappa shape index (κ2) is 17.1. The van der Waals surface area contributed by atoms with Crippen LogP contribution in [0.5, 0.6) is 5.75 Å². The number of imidazole rings is 1. The fourth-order valence-electron chi connectivity index (χ4n) is 8.71. The molecule has 67 heavy (non-hydrogen) atoms. The van der Waals surface area contributed by atoms with Gasteiger partial charge in [-0.2, -0.15) is 0 Å². The van der Waals surface area contributed by atoms with Gasteiger partial charge < -0.3 is 5.11 Å². The highest BCUT2D eigenvalue weighted by Gasteiger charge is 2.30. The maximum atomic E-state index is 12.7. The molecule has 8 rings (SSSR count). The van der Waals surface area contributed by atoms with Crippen LogP contribution in [0.1, 0.15) is 137 Å². The van der Waals surface area contributed by atoms with E-state index in [1.807, 2.05) is 105 Å². The number of nitrogens with zero attached hydrogens (tertiary/aromatic N) is 3. The number of hydrogen-bond donors (Lipinski definition) is 1. The molecule has 4 nitrogen and oxygen atoms in total. The number of hydrogen-bond acceptors (Lipinski definition) is 3. The van der Waals surface area contributed by atoms with Crippen LogP contribution < -0.4 is 0 Å². The van der Waals surface area contributed by atoms with Gasteiger partial charge in [0.25, 0.3) is 0 Å². The Labute approximate surface area is 406 Å². The second-order valence-corrected chi connectivity index (χ2v) is 23.4. The largest absolute Gasteiger partial charge is 0.507 e. The van der Waals surface area contributed by atoms with Crippen molar-refractivity contribution < 1.29 is 10.6 Å². The van der Waals surface area contributed by atoms with Gasteiger partial charge in [-0.25, -0.2) is 4.98 Å². The predicted molar refractivity (Wildman–Crippen MR) is 286 cm³/mol. The van der Waals surface area contributed by atoms with Gasteiger partial charge in [0, 0.05) is 31.2 Å². The van der Waals surface area contributed by atoms with E-state index in [-0.39, 0.29) is 28.7 Å². The summed E-state index contributed by atoms with van der Waals surface area (Å²) < 4.78 is 39.4. The van der Waals surface area contributed by atoms with Crippen LogP contribution in [0.2, 0.25) is 0 Å². The first kappa shape index (κ1) is 42.1. The summed E-state index contributed by atoms with van der Waals surface area (Å²) >= 11 is 0. The number of aromatic nitrogens is 3. The molecule has 6 aromatic carbocycles. The normalized spacial score (nSPS) is 13.9. The van der Waals surface area contributed by atoms with Crippen LogP contribution in [0.4, 0.5) is 0 Å². The third kappa shape index (κ3) is 9.91. The first-order valence-electron chi connectivity index (χ1n) is 25.7. The molecule has 0 saturated heterocycles. The first-order valence-corrected chi connectivity index (χ1v) is 23.7. The van der Waals surface area contributed by atoms with Crippen LogP contribution in [-0.2, 0) is 28.0 Å². The van der Waals surface area contributed by atoms with Gasteiger partial charge >= 0.3 is 0 Å². The molecule has 0 bridgehead atoms. The molecule has 0 aliphatic rings. The summed E-state index contributed by atoms with van der Waals surface area (Å²) in [5.74, 6) is 0.325. The second-order valence-electron chi connectivity index (χ2n) is 23.4. The molecule has 1 N–H and O–H groups in total. The van der Waals surface area contributed by atoms with Crippen molar-refractivity contribution in [3.8, 4) is 67.5 Å².